The maximum absolute atomic E-state index is 12.9. The Morgan fingerprint density at radius 2 is 1.79 bits per heavy atom. The number of hydrogen-bond acceptors (Lipinski definition) is 6. The number of fused-ring (bicyclic) bond motifs is 5. The molecule has 3 atom stereocenters. The summed E-state index contributed by atoms with van der Waals surface area (Å²) in [5.41, 5.74) is 1.70. The zero-order chi connectivity index (χ0) is 20.1. The molecule has 3 aromatic rings. The number of benzene rings is 2. The maximum Gasteiger partial charge on any atom is 0.317 e. The van der Waals surface area contributed by atoms with Crippen LogP contribution in [0.15, 0.2) is 64.4 Å². The molecule has 0 amide bonds. The van der Waals surface area contributed by atoms with Crippen molar-refractivity contribution in [3.05, 3.63) is 80.3 Å². The molecule has 0 unspecified atom stereocenters. The molecule has 0 spiro atoms. The number of rotatable bonds is 3. The lowest BCUT2D eigenvalue weighted by molar-refractivity contribution is -0.147. The Morgan fingerprint density at radius 3 is 2.55 bits per heavy atom. The molecule has 2 aliphatic heterocycles. The summed E-state index contributed by atoms with van der Waals surface area (Å²) in [7, 11) is 0. The Hall–Kier alpha value is -2.84. The molecular formula is C21H15NO5S2. The summed E-state index contributed by atoms with van der Waals surface area (Å²) in [6.07, 6.45) is 0. The third-order valence-electron chi connectivity index (χ3n) is 5.24. The van der Waals surface area contributed by atoms with Gasteiger partial charge in [-0.25, -0.2) is 0 Å². The molecule has 0 radical (unpaired) electrons. The largest absolute Gasteiger partial charge is 0.480 e. The fourth-order valence-corrected chi connectivity index (χ4v) is 6.62. The van der Waals surface area contributed by atoms with Crippen molar-refractivity contribution in [2.45, 2.75) is 22.7 Å². The van der Waals surface area contributed by atoms with E-state index in [1.807, 2.05) is 42.5 Å². The second-order valence-electron chi connectivity index (χ2n) is 6.95. The van der Waals surface area contributed by atoms with Gasteiger partial charge in [0, 0.05) is 16.4 Å². The van der Waals surface area contributed by atoms with Crippen LogP contribution in [0.4, 0.5) is 0 Å². The third-order valence-corrected chi connectivity index (χ3v) is 7.85. The average Bonchev–Trinajstić information content (AvgIpc) is 3.03. The predicted octanol–water partition coefficient (Wildman–Crippen LogP) is 3.18. The lowest BCUT2D eigenvalue weighted by atomic mass is 9.80. The van der Waals surface area contributed by atoms with Gasteiger partial charge in [-0.05, 0) is 11.6 Å². The second-order valence-corrected chi connectivity index (χ2v) is 9.07. The average molecular weight is 425 g/mol. The van der Waals surface area contributed by atoms with Crippen molar-refractivity contribution in [1.82, 2.24) is 4.57 Å². The van der Waals surface area contributed by atoms with Gasteiger partial charge in [-0.1, -0.05) is 71.6 Å². The van der Waals surface area contributed by atoms with Crippen molar-refractivity contribution in [2.75, 3.05) is 0 Å². The number of thiazole rings is 1. The Morgan fingerprint density at radius 1 is 1.07 bits per heavy atom. The monoisotopic (exact) mass is 425 g/mol. The lowest BCUT2D eigenvalue weighted by Crippen LogP contribution is -2.44. The normalized spacial score (nSPS) is 22.2. The van der Waals surface area contributed by atoms with E-state index < -0.39 is 29.0 Å². The minimum atomic E-state index is -1.09. The lowest BCUT2D eigenvalue weighted by Gasteiger charge is -2.37. The molecule has 0 fully saturated rings. The number of hydrogen-bond donors (Lipinski definition) is 1. The van der Waals surface area contributed by atoms with Gasteiger partial charge in [0.05, 0.1) is 17.5 Å². The summed E-state index contributed by atoms with van der Waals surface area (Å²) >= 11 is 2.16. The SMILES string of the molecule is O=C1Oc2ccccc2[C@H]2c3sc(=O)n(Cc4ccccc4)c3S[C@H](C(=O)O)[C@@H]12. The molecule has 1 aromatic heterocycles. The van der Waals surface area contributed by atoms with Gasteiger partial charge in [-0.3, -0.25) is 19.0 Å². The van der Waals surface area contributed by atoms with E-state index in [4.69, 9.17) is 4.74 Å². The van der Waals surface area contributed by atoms with Crippen molar-refractivity contribution in [1.29, 1.82) is 0 Å². The highest BCUT2D eigenvalue weighted by Crippen LogP contribution is 2.54. The summed E-state index contributed by atoms with van der Waals surface area (Å²) in [6, 6.07) is 16.7. The minimum absolute atomic E-state index is 0.160. The minimum Gasteiger partial charge on any atom is -0.480 e. The number of ether oxygens (including phenoxy) is 1. The van der Waals surface area contributed by atoms with Gasteiger partial charge < -0.3 is 9.84 Å². The van der Waals surface area contributed by atoms with Crippen LogP contribution in [0.1, 0.15) is 21.9 Å². The standard InChI is InChI=1S/C21H15NO5S2/c23-19(24)17-15-14(12-8-4-5-9-13(12)27-20(15)25)16-18(28-17)22(21(26)29-16)10-11-6-2-1-3-7-11/h1-9,14-15,17H,10H2,(H,23,24)/t14-,15+,17+/m1/s1. The first-order chi connectivity index (χ1) is 14.0. The quantitative estimate of drug-likeness (QED) is 0.512. The molecule has 2 aliphatic rings. The molecule has 1 N–H and O–H groups in total. The van der Waals surface area contributed by atoms with Crippen LogP contribution >= 0.6 is 23.1 Å². The number of para-hydroxylation sites is 1. The van der Waals surface area contributed by atoms with E-state index in [1.165, 1.54) is 0 Å². The van der Waals surface area contributed by atoms with E-state index in [0.29, 0.717) is 17.3 Å². The molecule has 0 bridgehead atoms. The van der Waals surface area contributed by atoms with Gasteiger partial charge in [0.2, 0.25) is 0 Å². The van der Waals surface area contributed by atoms with Gasteiger partial charge >= 0.3 is 16.8 Å². The van der Waals surface area contributed by atoms with Crippen molar-refractivity contribution < 1.29 is 19.4 Å². The Kier molecular flexibility index (Phi) is 4.33. The Balaban J connectivity index is 1.70. The number of carboxylic acids is 1. The highest BCUT2D eigenvalue weighted by Gasteiger charge is 2.52. The number of nitrogens with zero attached hydrogens (tertiary/aromatic N) is 1. The van der Waals surface area contributed by atoms with Crippen molar-refractivity contribution >= 4 is 35.0 Å². The van der Waals surface area contributed by atoms with E-state index in [0.717, 1.165) is 39.1 Å². The molecule has 3 heterocycles. The number of esters is 1. The topological polar surface area (TPSA) is 85.6 Å². The zero-order valence-electron chi connectivity index (χ0n) is 15.0. The molecule has 2 aromatic carbocycles. The summed E-state index contributed by atoms with van der Waals surface area (Å²) in [5, 5.41) is 9.45. The van der Waals surface area contributed by atoms with E-state index >= 15 is 0 Å². The number of aliphatic carboxylic acids is 1. The molecule has 6 nitrogen and oxygen atoms in total. The summed E-state index contributed by atoms with van der Waals surface area (Å²) < 4.78 is 7.05. The fraction of sp³-hybridized carbons (Fsp3) is 0.190. The van der Waals surface area contributed by atoms with E-state index in [1.54, 1.807) is 16.7 Å². The molecule has 0 saturated carbocycles. The molecular weight excluding hydrogens is 410 g/mol. The number of carbonyl (C=O) groups is 2. The smallest absolute Gasteiger partial charge is 0.317 e. The Labute approximate surface area is 173 Å². The first kappa shape index (κ1) is 18.2. The van der Waals surface area contributed by atoms with Crippen LogP contribution in [0.3, 0.4) is 0 Å². The van der Waals surface area contributed by atoms with Crippen molar-refractivity contribution in [3.8, 4) is 5.75 Å². The predicted molar refractivity (Wildman–Crippen MR) is 109 cm³/mol. The zero-order valence-corrected chi connectivity index (χ0v) is 16.6. The van der Waals surface area contributed by atoms with Crippen LogP contribution < -0.4 is 9.61 Å². The fourth-order valence-electron chi connectivity index (χ4n) is 3.97. The molecule has 29 heavy (non-hydrogen) atoms. The van der Waals surface area contributed by atoms with Crippen LogP contribution in [0, 0.1) is 5.92 Å². The highest BCUT2D eigenvalue weighted by molar-refractivity contribution is 8.00. The van der Waals surface area contributed by atoms with Gasteiger partial charge in [0.1, 0.15) is 11.0 Å². The second kappa shape index (κ2) is 6.89. The summed E-state index contributed by atoms with van der Waals surface area (Å²) in [5.74, 6) is -2.59. The van der Waals surface area contributed by atoms with Crippen LogP contribution in [-0.2, 0) is 16.1 Å². The van der Waals surface area contributed by atoms with Crippen LogP contribution in [-0.4, -0.2) is 26.9 Å². The molecule has 8 heteroatoms. The number of carbonyl (C=O) groups excluding carboxylic acids is 1. The maximum atomic E-state index is 12.9. The molecule has 5 rings (SSSR count). The van der Waals surface area contributed by atoms with Crippen LogP contribution in [0.25, 0.3) is 0 Å². The summed E-state index contributed by atoms with van der Waals surface area (Å²) in [6.45, 7) is 0.355. The van der Waals surface area contributed by atoms with Gasteiger partial charge in [-0.2, -0.15) is 0 Å². The number of aromatic nitrogens is 1. The number of thioether (sulfide) groups is 1. The first-order valence-corrected chi connectivity index (χ1v) is 10.7. The van der Waals surface area contributed by atoms with Crippen molar-refractivity contribution in [3.63, 3.8) is 0 Å². The number of carboxylic acid groups (broad SMARTS) is 1. The molecule has 0 saturated heterocycles. The van der Waals surface area contributed by atoms with Crippen LogP contribution in [0.2, 0.25) is 0 Å². The Bertz CT molecular complexity index is 1180. The van der Waals surface area contributed by atoms with Crippen LogP contribution in [0.5, 0.6) is 5.75 Å². The van der Waals surface area contributed by atoms with Gasteiger partial charge in [-0.15, -0.1) is 0 Å². The van der Waals surface area contributed by atoms with E-state index in [-0.39, 0.29) is 4.87 Å². The van der Waals surface area contributed by atoms with E-state index in [9.17, 15) is 19.5 Å². The molecule has 146 valence electrons. The van der Waals surface area contributed by atoms with Gasteiger partial charge in [0.15, 0.2) is 0 Å². The highest BCUT2D eigenvalue weighted by atomic mass is 32.2. The van der Waals surface area contributed by atoms with E-state index in [2.05, 4.69) is 0 Å². The molecule has 0 aliphatic carbocycles. The third kappa shape index (κ3) is 2.90. The first-order valence-electron chi connectivity index (χ1n) is 9.02. The van der Waals surface area contributed by atoms with Crippen molar-refractivity contribution in [2.24, 2.45) is 5.92 Å². The summed E-state index contributed by atoms with van der Waals surface area (Å²) in [4.78, 5) is 38.2. The van der Waals surface area contributed by atoms with Gasteiger partial charge in [0.25, 0.3) is 0 Å².